The van der Waals surface area contributed by atoms with Gasteiger partial charge in [-0.05, 0) is 95.1 Å². The van der Waals surface area contributed by atoms with Crippen LogP contribution in [0.5, 0.6) is 0 Å². The predicted molar refractivity (Wildman–Crippen MR) is 605 cm³/mol. The summed E-state index contributed by atoms with van der Waals surface area (Å²) < 4.78 is 12.9. The molecule has 148 heavy (non-hydrogen) atoms. The summed E-state index contributed by atoms with van der Waals surface area (Å²) in [5.41, 5.74) is 25.9. The van der Waals surface area contributed by atoms with Crippen LogP contribution in [0.3, 0.4) is 0 Å². The monoisotopic (exact) mass is 1950 g/mol. The minimum atomic E-state index is 0.550. The van der Waals surface area contributed by atoms with Crippen molar-refractivity contribution in [1.82, 2.24) is 74.8 Å². The molecule has 10 heterocycles. The highest BCUT2D eigenvalue weighted by Crippen LogP contribution is 2.47. The van der Waals surface area contributed by atoms with Gasteiger partial charge in [0.1, 0.15) is 11.2 Å². The van der Waals surface area contributed by atoms with E-state index in [0.717, 1.165) is 200 Å². The number of nitrogens with zero attached hydrogens (tertiary/aromatic N) is 15. The van der Waals surface area contributed by atoms with E-state index in [1.54, 1.807) is 34.0 Å². The van der Waals surface area contributed by atoms with Gasteiger partial charge in [0.15, 0.2) is 69.9 Å². The van der Waals surface area contributed by atoms with Gasteiger partial charge in [-0.15, -0.1) is 34.0 Å². The number of rotatable bonds is 17. The third-order valence-corrected chi connectivity index (χ3v) is 29.6. The van der Waals surface area contributed by atoms with Gasteiger partial charge in [0.25, 0.3) is 0 Å². The Kier molecular flexibility index (Phi) is 23.5. The third-order valence-electron chi connectivity index (χ3n) is 26.1. The van der Waals surface area contributed by atoms with Crippen LogP contribution in [-0.4, -0.2) is 74.8 Å². The van der Waals surface area contributed by atoms with Gasteiger partial charge in [-0.2, -0.15) is 0 Å². The lowest BCUT2D eigenvalue weighted by atomic mass is 10.0. The highest BCUT2D eigenvalue weighted by Gasteiger charge is 2.27. The van der Waals surface area contributed by atoms with Crippen LogP contribution in [0.2, 0.25) is 0 Å². The van der Waals surface area contributed by atoms with E-state index in [1.165, 1.54) is 5.56 Å². The number of thiophene rings is 3. The first-order valence-corrected chi connectivity index (χ1v) is 51.0. The summed E-state index contributed by atoms with van der Waals surface area (Å²) in [5.74, 6) is 7.52. The van der Waals surface area contributed by atoms with Gasteiger partial charge < -0.3 is 4.42 Å². The molecular weight excluding hydrogens is 1870 g/mol. The van der Waals surface area contributed by atoms with Gasteiger partial charge in [-0.3, -0.25) is 0 Å². The highest BCUT2D eigenvalue weighted by atomic mass is 32.1. The highest BCUT2D eigenvalue weighted by molar-refractivity contribution is 7.27. The Bertz CT molecular complexity index is 9820. The number of hydrogen-bond donors (Lipinski definition) is 0. The maximum atomic E-state index is 6.41. The molecule has 0 radical (unpaired) electrons. The standard InChI is InChI=1S/C43H25N5OS.2C43H27N5S/c1-4-13-26(14-5-1)36-39-37(45-40(44-36)27-15-6-2-7-16-27)33-25-29(23-24-35(33)50-39)42-46-41(28-17-8-3-9-18-28)47-43(48-42)32-21-12-20-31-30-19-10-11-22-34(30)49-38(31)32;1-5-14-28(15-6-1)32-22-13-23-33(26-32)42-46-41(31-20-11-4-12-21-31)47-43(48-42)34-24-25-36-35(27-34)38-39(49-36)37(29-16-7-2-8-17-29)44-40(45-38)30-18-9-3-10-19-30;1-5-13-28(14-6-1)29-21-23-33(24-22-29)42-46-41(32-19-11-4-12-20-32)47-43(48-42)34-25-26-36-35(27-34)38-39(49-36)37(30-15-7-2-8-16-30)44-40(45-38)31-17-9-3-10-18-31/h1-25H;2*1-27H. The lowest BCUT2D eigenvalue weighted by Gasteiger charge is -2.10. The minimum absolute atomic E-state index is 0.550. The van der Waals surface area contributed by atoms with Crippen LogP contribution in [0, 0.1) is 0 Å². The predicted octanol–water partition coefficient (Wildman–Crippen LogP) is 33.3. The van der Waals surface area contributed by atoms with Crippen molar-refractivity contribution in [2.75, 3.05) is 0 Å². The molecule has 0 amide bonds. The van der Waals surface area contributed by atoms with E-state index in [2.05, 4.69) is 261 Å². The average molecular weight is 1950 g/mol. The number of hydrogen-bond acceptors (Lipinski definition) is 19. The number of benzene rings is 18. The summed E-state index contributed by atoms with van der Waals surface area (Å²) in [7, 11) is 0. The van der Waals surface area contributed by atoms with Crippen LogP contribution >= 0.6 is 34.0 Å². The maximum absolute atomic E-state index is 6.41. The summed E-state index contributed by atoms with van der Waals surface area (Å²) in [6, 6.07) is 163. The molecule has 0 N–H and O–H groups in total. The van der Waals surface area contributed by atoms with Gasteiger partial charge >= 0.3 is 0 Å². The van der Waals surface area contributed by atoms with Crippen molar-refractivity contribution >= 4 is 117 Å². The Balaban J connectivity index is 0.000000112. The average Bonchev–Trinajstić information content (AvgIpc) is 1.60. The number of furan rings is 1. The molecule has 0 saturated carbocycles. The van der Waals surface area contributed by atoms with E-state index in [1.807, 2.05) is 218 Å². The number of aromatic nitrogens is 15. The van der Waals surface area contributed by atoms with E-state index in [0.29, 0.717) is 69.9 Å². The second-order valence-electron chi connectivity index (χ2n) is 35.5. The van der Waals surface area contributed by atoms with Crippen LogP contribution < -0.4 is 0 Å². The van der Waals surface area contributed by atoms with Crippen molar-refractivity contribution in [3.05, 3.63) is 479 Å². The quantitative estimate of drug-likeness (QED) is 0.0831. The summed E-state index contributed by atoms with van der Waals surface area (Å²) in [6.07, 6.45) is 0. The lowest BCUT2D eigenvalue weighted by molar-refractivity contribution is 0.669. The Morgan fingerprint density at radius 1 is 0.142 bits per heavy atom. The van der Waals surface area contributed by atoms with Gasteiger partial charge in [0.2, 0.25) is 0 Å². The molecule has 28 aromatic rings. The molecule has 0 aliphatic carbocycles. The van der Waals surface area contributed by atoms with Crippen molar-refractivity contribution in [1.29, 1.82) is 0 Å². The zero-order chi connectivity index (χ0) is 98.2. The second-order valence-corrected chi connectivity index (χ2v) is 38.7. The molecule has 19 heteroatoms. The first-order chi connectivity index (χ1) is 73.3. The molecule has 0 unspecified atom stereocenters. The first kappa shape index (κ1) is 88.8. The fourth-order valence-electron chi connectivity index (χ4n) is 18.7. The Labute approximate surface area is 861 Å². The van der Waals surface area contributed by atoms with Crippen molar-refractivity contribution in [2.45, 2.75) is 0 Å². The topological polar surface area (TPSA) is 206 Å². The summed E-state index contributed by atoms with van der Waals surface area (Å²) >= 11 is 5.13. The van der Waals surface area contributed by atoms with Gasteiger partial charge in [-0.1, -0.05) is 406 Å². The summed E-state index contributed by atoms with van der Waals surface area (Å²) in [5, 5.41) is 5.20. The molecule has 10 aromatic heterocycles. The largest absolute Gasteiger partial charge is 0.455 e. The molecule has 0 bridgehead atoms. The van der Waals surface area contributed by atoms with Crippen molar-refractivity contribution < 1.29 is 4.42 Å². The van der Waals surface area contributed by atoms with E-state index >= 15 is 0 Å². The van der Waals surface area contributed by atoms with E-state index in [-0.39, 0.29) is 0 Å². The van der Waals surface area contributed by atoms with Gasteiger partial charge in [0.05, 0.1) is 53.3 Å². The van der Waals surface area contributed by atoms with Gasteiger partial charge in [0, 0.05) is 119 Å². The molecule has 0 spiro atoms. The van der Waals surface area contributed by atoms with Crippen LogP contribution in [0.4, 0.5) is 0 Å². The molecule has 0 saturated heterocycles. The SMILES string of the molecule is c1ccc(-c2ccc(-c3nc(-c4ccccc4)nc(-c4ccc5sc6c(-c7ccccc7)nc(-c7ccccc7)nc6c5c4)n3)cc2)cc1.c1ccc(-c2cccc(-c3nc(-c4ccccc4)nc(-c4ccc5sc6c(-c7ccccc7)nc(-c7ccccc7)nc6c5c4)n3)c2)cc1.c1ccc(-c2nc(-c3ccc4sc5c(-c6ccccc6)nc(-c6ccccc6)nc5c4c3)nc(-c3cccc4c3oc3ccccc34)n2)cc1. The number of fused-ring (bicyclic) bond motifs is 12. The smallest absolute Gasteiger partial charge is 0.167 e. The summed E-state index contributed by atoms with van der Waals surface area (Å²) in [4.78, 5) is 76.1. The molecule has 18 aromatic carbocycles. The summed E-state index contributed by atoms with van der Waals surface area (Å²) in [6.45, 7) is 0. The second kappa shape index (κ2) is 39.2. The molecule has 0 fully saturated rings. The maximum Gasteiger partial charge on any atom is 0.167 e. The Morgan fingerprint density at radius 2 is 0.365 bits per heavy atom. The van der Waals surface area contributed by atoms with Crippen molar-refractivity contribution in [3.8, 4) is 193 Å². The van der Waals surface area contributed by atoms with Crippen LogP contribution in [0.15, 0.2) is 484 Å². The number of para-hydroxylation sites is 2. The first-order valence-electron chi connectivity index (χ1n) is 48.5. The molecule has 694 valence electrons. The molecule has 16 nitrogen and oxygen atoms in total. The zero-order valence-electron chi connectivity index (χ0n) is 79.0. The third kappa shape index (κ3) is 17.7. The normalized spacial score (nSPS) is 11.4. The molecule has 0 aliphatic heterocycles. The van der Waals surface area contributed by atoms with E-state index in [4.69, 9.17) is 79.2 Å². The molecular formula is C129H79N15OS3. The zero-order valence-corrected chi connectivity index (χ0v) is 81.4. The molecule has 0 aliphatic rings. The van der Waals surface area contributed by atoms with Crippen molar-refractivity contribution in [2.24, 2.45) is 0 Å². The fraction of sp³-hybridized carbons (Fsp3) is 0. The fourth-order valence-corrected chi connectivity index (χ4v) is 22.2. The van der Waals surface area contributed by atoms with E-state index < -0.39 is 0 Å². The van der Waals surface area contributed by atoms with Crippen LogP contribution in [0.25, 0.3) is 276 Å². The Hall–Kier alpha value is -19.3. The Morgan fingerprint density at radius 3 is 0.703 bits per heavy atom. The van der Waals surface area contributed by atoms with E-state index in [9.17, 15) is 0 Å². The van der Waals surface area contributed by atoms with Crippen LogP contribution in [-0.2, 0) is 0 Å². The lowest BCUT2D eigenvalue weighted by Crippen LogP contribution is -2.00. The molecule has 28 rings (SSSR count). The molecule has 0 atom stereocenters. The van der Waals surface area contributed by atoms with Crippen molar-refractivity contribution in [3.63, 3.8) is 0 Å². The van der Waals surface area contributed by atoms with Crippen LogP contribution in [0.1, 0.15) is 0 Å². The minimum Gasteiger partial charge on any atom is -0.455 e. The van der Waals surface area contributed by atoms with Gasteiger partial charge in [-0.25, -0.2) is 74.8 Å².